The maximum atomic E-state index is 12.5. The van der Waals surface area contributed by atoms with E-state index in [1.165, 1.54) is 12.1 Å². The van der Waals surface area contributed by atoms with Crippen molar-refractivity contribution in [1.29, 1.82) is 0 Å². The van der Waals surface area contributed by atoms with Crippen LogP contribution < -0.4 is 10.6 Å². The molecule has 0 atom stereocenters. The van der Waals surface area contributed by atoms with Gasteiger partial charge >= 0.3 is 11.9 Å². The third-order valence-corrected chi connectivity index (χ3v) is 5.86. The zero-order valence-electron chi connectivity index (χ0n) is 14.8. The molecule has 0 aliphatic heterocycles. The highest BCUT2D eigenvalue weighted by atomic mass is 32.2. The number of nitrogens with one attached hydrogen (secondary N) is 2. The summed E-state index contributed by atoms with van der Waals surface area (Å²) in [6, 6.07) is 14.6. The summed E-state index contributed by atoms with van der Waals surface area (Å²) in [6.45, 7) is 0.203. The lowest BCUT2D eigenvalue weighted by molar-refractivity contribution is 0.129. The van der Waals surface area contributed by atoms with E-state index in [1.54, 1.807) is 0 Å². The average molecular weight is 410 g/mol. The van der Waals surface area contributed by atoms with Crippen LogP contribution in [0.25, 0.3) is 0 Å². The van der Waals surface area contributed by atoms with Crippen molar-refractivity contribution in [2.75, 3.05) is 5.32 Å². The quantitative estimate of drug-likeness (QED) is 0.729. The van der Waals surface area contributed by atoms with Crippen molar-refractivity contribution in [2.45, 2.75) is 42.2 Å². The molecule has 0 heterocycles. The molecule has 28 heavy (non-hydrogen) atoms. The fourth-order valence-corrected chi connectivity index (χ4v) is 3.59. The van der Waals surface area contributed by atoms with Gasteiger partial charge in [0.1, 0.15) is 6.61 Å². The van der Waals surface area contributed by atoms with Crippen molar-refractivity contribution in [3.05, 3.63) is 60.2 Å². The van der Waals surface area contributed by atoms with Crippen LogP contribution in [0.3, 0.4) is 0 Å². The molecule has 9 heteroatoms. The SMILES string of the molecule is O=C(NC1CC(Nc2ccc(S(=O)(=O)C(F)F)cc2)C1)OCc1ccccc1. The van der Waals surface area contributed by atoms with Gasteiger partial charge in [-0.25, -0.2) is 13.2 Å². The van der Waals surface area contributed by atoms with Crippen molar-refractivity contribution >= 4 is 21.6 Å². The number of alkyl halides is 2. The molecular weight excluding hydrogens is 390 g/mol. The molecule has 1 amide bonds. The number of carbonyl (C=O) groups excluding carboxylic acids is 1. The maximum absolute atomic E-state index is 12.5. The molecule has 1 fully saturated rings. The molecule has 2 aromatic carbocycles. The number of ether oxygens (including phenoxy) is 1. The van der Waals surface area contributed by atoms with E-state index in [0.29, 0.717) is 18.5 Å². The highest BCUT2D eigenvalue weighted by Crippen LogP contribution is 2.26. The Kier molecular flexibility index (Phi) is 6.13. The van der Waals surface area contributed by atoms with Gasteiger partial charge in [0.2, 0.25) is 9.84 Å². The first-order valence-electron chi connectivity index (χ1n) is 8.70. The van der Waals surface area contributed by atoms with Crippen LogP contribution in [0.15, 0.2) is 59.5 Å². The number of carbonyl (C=O) groups is 1. The van der Waals surface area contributed by atoms with Gasteiger partial charge < -0.3 is 15.4 Å². The minimum absolute atomic E-state index is 0.0146. The number of amides is 1. The Labute approximate surface area is 161 Å². The van der Waals surface area contributed by atoms with Crippen molar-refractivity contribution in [1.82, 2.24) is 5.32 Å². The highest BCUT2D eigenvalue weighted by Gasteiger charge is 2.31. The molecule has 0 saturated heterocycles. The fourth-order valence-electron chi connectivity index (χ4n) is 2.86. The normalized spacial score (nSPS) is 19.0. The molecule has 2 aromatic rings. The van der Waals surface area contributed by atoms with Gasteiger partial charge in [-0.2, -0.15) is 8.78 Å². The first-order chi connectivity index (χ1) is 13.3. The van der Waals surface area contributed by atoms with Crippen LogP contribution in [-0.4, -0.2) is 32.4 Å². The van der Waals surface area contributed by atoms with Crippen molar-refractivity contribution < 1.29 is 26.7 Å². The van der Waals surface area contributed by atoms with Gasteiger partial charge in [0.25, 0.3) is 0 Å². The highest BCUT2D eigenvalue weighted by molar-refractivity contribution is 7.91. The van der Waals surface area contributed by atoms with E-state index in [1.807, 2.05) is 30.3 Å². The van der Waals surface area contributed by atoms with E-state index < -0.39 is 26.6 Å². The Balaban J connectivity index is 1.40. The summed E-state index contributed by atoms with van der Waals surface area (Å²) in [4.78, 5) is 11.4. The standard InChI is InChI=1S/C19H20F2N2O4S/c20-18(21)28(25,26)17-8-6-14(7-9-17)22-15-10-16(11-15)23-19(24)27-12-13-4-2-1-3-5-13/h1-9,15-16,18,22H,10-12H2,(H,23,24). The van der Waals surface area contributed by atoms with E-state index in [4.69, 9.17) is 4.74 Å². The number of benzene rings is 2. The molecule has 0 aromatic heterocycles. The lowest BCUT2D eigenvalue weighted by Gasteiger charge is -2.36. The zero-order valence-corrected chi connectivity index (χ0v) is 15.7. The summed E-state index contributed by atoms with van der Waals surface area (Å²) in [5, 5.41) is 5.95. The van der Waals surface area contributed by atoms with Crippen molar-refractivity contribution in [3.63, 3.8) is 0 Å². The molecule has 0 unspecified atom stereocenters. The summed E-state index contributed by atoms with van der Waals surface area (Å²) >= 11 is 0. The van der Waals surface area contributed by atoms with E-state index in [-0.39, 0.29) is 18.7 Å². The maximum Gasteiger partial charge on any atom is 0.407 e. The lowest BCUT2D eigenvalue weighted by atomic mass is 9.86. The summed E-state index contributed by atoms with van der Waals surface area (Å²) in [5.74, 6) is -3.44. The number of halogens is 2. The Morgan fingerprint density at radius 2 is 1.68 bits per heavy atom. The number of hydrogen-bond donors (Lipinski definition) is 2. The molecule has 150 valence electrons. The topological polar surface area (TPSA) is 84.5 Å². The number of sulfone groups is 1. The first-order valence-corrected chi connectivity index (χ1v) is 10.2. The Hall–Kier alpha value is -2.68. The zero-order chi connectivity index (χ0) is 20.1. The lowest BCUT2D eigenvalue weighted by Crippen LogP contribution is -2.49. The average Bonchev–Trinajstić information content (AvgIpc) is 2.66. The van der Waals surface area contributed by atoms with E-state index >= 15 is 0 Å². The molecule has 0 radical (unpaired) electrons. The van der Waals surface area contributed by atoms with Crippen LogP contribution in [0.1, 0.15) is 18.4 Å². The summed E-state index contributed by atoms with van der Waals surface area (Å²) in [5.41, 5.74) is 1.53. The van der Waals surface area contributed by atoms with Gasteiger partial charge in [-0.05, 0) is 42.7 Å². The first kappa shape index (κ1) is 20.1. The molecule has 6 nitrogen and oxygen atoms in total. The molecule has 1 aliphatic rings. The number of alkyl carbamates (subject to hydrolysis) is 1. The Morgan fingerprint density at radius 1 is 1.04 bits per heavy atom. The van der Waals surface area contributed by atoms with Gasteiger partial charge in [-0.15, -0.1) is 0 Å². The third kappa shape index (κ3) is 4.98. The van der Waals surface area contributed by atoms with Crippen LogP contribution in [-0.2, 0) is 21.2 Å². The number of hydrogen-bond acceptors (Lipinski definition) is 5. The summed E-state index contributed by atoms with van der Waals surface area (Å²) in [7, 11) is -4.58. The molecule has 2 N–H and O–H groups in total. The predicted molar refractivity (Wildman–Crippen MR) is 99.8 cm³/mol. The van der Waals surface area contributed by atoms with Gasteiger partial charge in [-0.3, -0.25) is 0 Å². The van der Waals surface area contributed by atoms with Crippen LogP contribution in [0, 0.1) is 0 Å². The Morgan fingerprint density at radius 3 is 2.29 bits per heavy atom. The summed E-state index contributed by atoms with van der Waals surface area (Å²) < 4.78 is 53.0. The van der Waals surface area contributed by atoms with Crippen LogP contribution in [0.4, 0.5) is 19.3 Å². The predicted octanol–water partition coefficient (Wildman–Crippen LogP) is 3.55. The monoisotopic (exact) mass is 410 g/mol. The number of anilines is 1. The number of rotatable bonds is 7. The molecule has 0 bridgehead atoms. The van der Waals surface area contributed by atoms with Crippen LogP contribution in [0.5, 0.6) is 0 Å². The van der Waals surface area contributed by atoms with Crippen LogP contribution in [0.2, 0.25) is 0 Å². The molecule has 3 rings (SSSR count). The van der Waals surface area contributed by atoms with E-state index in [0.717, 1.165) is 17.7 Å². The Bertz CT molecular complexity index is 899. The second kappa shape index (κ2) is 8.55. The second-order valence-corrected chi connectivity index (χ2v) is 8.46. The van der Waals surface area contributed by atoms with E-state index in [2.05, 4.69) is 10.6 Å². The molecule has 1 aliphatic carbocycles. The molecule has 1 saturated carbocycles. The van der Waals surface area contributed by atoms with Gasteiger partial charge in [0, 0.05) is 17.8 Å². The van der Waals surface area contributed by atoms with Crippen molar-refractivity contribution in [3.8, 4) is 0 Å². The second-order valence-electron chi connectivity index (χ2n) is 6.55. The van der Waals surface area contributed by atoms with Crippen LogP contribution >= 0.6 is 0 Å². The minimum Gasteiger partial charge on any atom is -0.445 e. The van der Waals surface area contributed by atoms with Gasteiger partial charge in [0.15, 0.2) is 0 Å². The largest absolute Gasteiger partial charge is 0.445 e. The minimum atomic E-state index is -4.58. The fraction of sp³-hybridized carbons (Fsp3) is 0.316. The van der Waals surface area contributed by atoms with E-state index in [9.17, 15) is 22.0 Å². The smallest absolute Gasteiger partial charge is 0.407 e. The summed E-state index contributed by atoms with van der Waals surface area (Å²) in [6.07, 6.45) is 0.878. The van der Waals surface area contributed by atoms with Crippen molar-refractivity contribution in [2.24, 2.45) is 0 Å². The third-order valence-electron chi connectivity index (χ3n) is 4.46. The van der Waals surface area contributed by atoms with Gasteiger partial charge in [-0.1, -0.05) is 30.3 Å². The molecule has 0 spiro atoms. The molecular formula is C19H20F2N2O4S. The van der Waals surface area contributed by atoms with Gasteiger partial charge in [0.05, 0.1) is 4.90 Å².